The van der Waals surface area contributed by atoms with Crippen molar-refractivity contribution in [1.29, 1.82) is 0 Å². The van der Waals surface area contributed by atoms with E-state index in [2.05, 4.69) is 16.1 Å². The number of rotatable bonds is 6. The Bertz CT molecular complexity index is 1250. The molecule has 0 aliphatic rings. The third-order valence-corrected chi connectivity index (χ3v) is 7.20. The summed E-state index contributed by atoms with van der Waals surface area (Å²) >= 11 is 1.15. The topological polar surface area (TPSA) is 75.3 Å². The van der Waals surface area contributed by atoms with Crippen LogP contribution in [0.1, 0.15) is 15.9 Å². The molecule has 3 aromatic carbocycles. The number of carbonyl (C=O) groups is 1. The van der Waals surface area contributed by atoms with E-state index in [9.17, 15) is 13.2 Å². The van der Waals surface area contributed by atoms with Crippen molar-refractivity contribution < 1.29 is 13.2 Å². The van der Waals surface area contributed by atoms with Crippen molar-refractivity contribution in [2.45, 2.75) is 10.8 Å². The first-order chi connectivity index (χ1) is 14.0. The van der Waals surface area contributed by atoms with E-state index >= 15 is 0 Å². The van der Waals surface area contributed by atoms with Crippen LogP contribution in [0.25, 0.3) is 10.8 Å². The number of carbonyl (C=O) groups excluding carboxylic acids is 1. The van der Waals surface area contributed by atoms with Gasteiger partial charge in [-0.2, -0.15) is 0 Å². The van der Waals surface area contributed by atoms with Crippen LogP contribution in [0, 0.1) is 0 Å². The molecule has 146 valence electrons. The Kier molecular flexibility index (Phi) is 5.33. The normalized spacial score (nSPS) is 11.3. The van der Waals surface area contributed by atoms with E-state index in [0.717, 1.165) is 27.7 Å². The van der Waals surface area contributed by atoms with E-state index in [4.69, 9.17) is 0 Å². The number of benzene rings is 3. The molecule has 1 amide bonds. The molecule has 2 N–H and O–H groups in total. The van der Waals surface area contributed by atoms with Crippen molar-refractivity contribution in [2.75, 3.05) is 4.72 Å². The molecule has 0 aliphatic heterocycles. The fourth-order valence-corrected chi connectivity index (χ4v) is 5.00. The Morgan fingerprint density at radius 3 is 2.34 bits per heavy atom. The molecule has 7 heteroatoms. The molecule has 0 radical (unpaired) electrons. The van der Waals surface area contributed by atoms with E-state index in [0.29, 0.717) is 17.8 Å². The number of hydrogen-bond acceptors (Lipinski definition) is 4. The monoisotopic (exact) mass is 422 g/mol. The van der Waals surface area contributed by atoms with Gasteiger partial charge in [-0.25, -0.2) is 8.42 Å². The van der Waals surface area contributed by atoms with E-state index in [-0.39, 0.29) is 10.1 Å². The van der Waals surface area contributed by atoms with Crippen LogP contribution in [0.15, 0.2) is 88.5 Å². The first kappa shape index (κ1) is 19.2. The maximum Gasteiger partial charge on any atom is 0.271 e. The highest BCUT2D eigenvalue weighted by Crippen LogP contribution is 2.20. The van der Waals surface area contributed by atoms with Gasteiger partial charge in [0.15, 0.2) is 0 Å². The number of fused-ring (bicyclic) bond motifs is 1. The van der Waals surface area contributed by atoms with E-state index in [1.165, 1.54) is 0 Å². The van der Waals surface area contributed by atoms with Crippen LogP contribution in [0.4, 0.5) is 5.69 Å². The summed E-state index contributed by atoms with van der Waals surface area (Å²) in [6.45, 7) is 0.413. The molecule has 0 fully saturated rings. The fourth-order valence-electron chi connectivity index (χ4n) is 2.94. The minimum atomic E-state index is -3.60. The van der Waals surface area contributed by atoms with Crippen LogP contribution >= 0.6 is 11.3 Å². The van der Waals surface area contributed by atoms with Gasteiger partial charge in [0.25, 0.3) is 15.9 Å². The van der Waals surface area contributed by atoms with E-state index in [1.54, 1.807) is 41.8 Å². The standard InChI is InChI=1S/C22H18N2O3S2/c25-22(23-15-16-7-8-17-4-1-2-5-19(17)14-16)18-9-11-20(12-10-18)24-29(26,27)21-6-3-13-28-21/h1-14,24H,15H2,(H,23,25). The largest absolute Gasteiger partial charge is 0.348 e. The van der Waals surface area contributed by atoms with Crippen LogP contribution < -0.4 is 10.0 Å². The quantitative estimate of drug-likeness (QED) is 0.476. The minimum Gasteiger partial charge on any atom is -0.348 e. The summed E-state index contributed by atoms with van der Waals surface area (Å²) in [4.78, 5) is 12.4. The van der Waals surface area contributed by atoms with Crippen molar-refractivity contribution in [2.24, 2.45) is 0 Å². The minimum absolute atomic E-state index is 0.217. The Morgan fingerprint density at radius 2 is 1.62 bits per heavy atom. The first-order valence-corrected chi connectivity index (χ1v) is 11.3. The third-order valence-electron chi connectivity index (χ3n) is 4.43. The lowest BCUT2D eigenvalue weighted by Crippen LogP contribution is -2.22. The predicted molar refractivity (Wildman–Crippen MR) is 117 cm³/mol. The van der Waals surface area contributed by atoms with Crippen molar-refractivity contribution in [3.63, 3.8) is 0 Å². The van der Waals surface area contributed by atoms with Gasteiger partial charge in [0.05, 0.1) is 0 Å². The highest BCUT2D eigenvalue weighted by Gasteiger charge is 2.15. The molecular weight excluding hydrogens is 404 g/mol. The number of amides is 1. The number of hydrogen-bond donors (Lipinski definition) is 2. The number of anilines is 1. The van der Waals surface area contributed by atoms with Gasteiger partial charge < -0.3 is 5.32 Å². The molecule has 0 saturated heterocycles. The van der Waals surface area contributed by atoms with Gasteiger partial charge in [0.1, 0.15) is 4.21 Å². The zero-order chi connectivity index (χ0) is 20.3. The zero-order valence-electron chi connectivity index (χ0n) is 15.3. The summed E-state index contributed by atoms with van der Waals surface area (Å²) in [5.74, 6) is -0.217. The molecule has 0 aliphatic carbocycles. The SMILES string of the molecule is O=C(NCc1ccc2ccccc2c1)c1ccc(NS(=O)(=O)c2cccs2)cc1. The number of nitrogens with one attached hydrogen (secondary N) is 2. The van der Waals surface area contributed by atoms with Crippen molar-refractivity contribution in [1.82, 2.24) is 5.32 Å². The molecular formula is C22H18N2O3S2. The Hall–Kier alpha value is -3.16. The maximum absolute atomic E-state index is 12.4. The van der Waals surface area contributed by atoms with Gasteiger partial charge in [-0.05, 0) is 58.1 Å². The molecule has 0 atom stereocenters. The summed E-state index contributed by atoms with van der Waals surface area (Å²) in [6.07, 6.45) is 0. The average Bonchev–Trinajstić information content (AvgIpc) is 3.28. The smallest absolute Gasteiger partial charge is 0.271 e. The Morgan fingerprint density at radius 1 is 0.862 bits per heavy atom. The first-order valence-electron chi connectivity index (χ1n) is 8.93. The van der Waals surface area contributed by atoms with Crippen LogP contribution in [0.5, 0.6) is 0 Å². The molecule has 1 aromatic heterocycles. The molecule has 5 nitrogen and oxygen atoms in total. The highest BCUT2D eigenvalue weighted by atomic mass is 32.2. The molecule has 1 heterocycles. The lowest BCUT2D eigenvalue weighted by molar-refractivity contribution is 0.0951. The van der Waals surface area contributed by atoms with Gasteiger partial charge in [0, 0.05) is 17.8 Å². The highest BCUT2D eigenvalue weighted by molar-refractivity contribution is 7.94. The molecule has 0 bridgehead atoms. The molecule has 29 heavy (non-hydrogen) atoms. The second-order valence-electron chi connectivity index (χ2n) is 6.48. The second kappa shape index (κ2) is 8.06. The lowest BCUT2D eigenvalue weighted by Gasteiger charge is -2.09. The third kappa shape index (κ3) is 4.47. The summed E-state index contributed by atoms with van der Waals surface area (Å²) in [5, 5.41) is 6.88. The van der Waals surface area contributed by atoms with Gasteiger partial charge >= 0.3 is 0 Å². The molecule has 4 rings (SSSR count). The van der Waals surface area contributed by atoms with E-state index in [1.807, 2.05) is 36.4 Å². The molecule has 0 unspecified atom stereocenters. The molecule has 0 saturated carbocycles. The summed E-state index contributed by atoms with van der Waals surface area (Å²) in [7, 11) is -3.60. The predicted octanol–water partition coefficient (Wildman–Crippen LogP) is 4.63. The van der Waals surface area contributed by atoms with Gasteiger partial charge in [-0.15, -0.1) is 11.3 Å². The fraction of sp³-hybridized carbons (Fsp3) is 0.0455. The summed E-state index contributed by atoms with van der Waals surface area (Å²) in [5.41, 5.74) is 1.88. The average molecular weight is 423 g/mol. The van der Waals surface area contributed by atoms with Gasteiger partial charge in [-0.3, -0.25) is 9.52 Å². The van der Waals surface area contributed by atoms with Crippen molar-refractivity contribution >= 4 is 43.7 Å². The summed E-state index contributed by atoms with van der Waals surface area (Å²) < 4.78 is 27.3. The lowest BCUT2D eigenvalue weighted by atomic mass is 10.1. The van der Waals surface area contributed by atoms with Crippen LogP contribution in [0.2, 0.25) is 0 Å². The Labute approximate surface area is 173 Å². The second-order valence-corrected chi connectivity index (χ2v) is 9.34. The maximum atomic E-state index is 12.4. The van der Waals surface area contributed by atoms with Gasteiger partial charge in [0.2, 0.25) is 0 Å². The van der Waals surface area contributed by atoms with Crippen molar-refractivity contribution in [3.05, 3.63) is 95.4 Å². The van der Waals surface area contributed by atoms with Crippen molar-refractivity contribution in [3.8, 4) is 0 Å². The summed E-state index contributed by atoms with van der Waals surface area (Å²) in [6, 6.07) is 23.7. The number of thiophene rings is 1. The van der Waals surface area contributed by atoms with Crippen LogP contribution in [0.3, 0.4) is 0 Å². The number of sulfonamides is 1. The van der Waals surface area contributed by atoms with Crippen LogP contribution in [-0.4, -0.2) is 14.3 Å². The van der Waals surface area contributed by atoms with E-state index < -0.39 is 10.0 Å². The molecule has 4 aromatic rings. The van der Waals surface area contributed by atoms with Gasteiger partial charge in [-0.1, -0.05) is 42.5 Å². The Balaban J connectivity index is 1.40. The zero-order valence-corrected chi connectivity index (χ0v) is 17.0. The molecule has 0 spiro atoms. The van der Waals surface area contributed by atoms with Crippen LogP contribution in [-0.2, 0) is 16.6 Å².